The van der Waals surface area contributed by atoms with Crippen LogP contribution in [0.5, 0.6) is 17.2 Å². The fraction of sp³-hybridized carbons (Fsp3) is 0.0588. The predicted molar refractivity (Wildman–Crippen MR) is 104 cm³/mol. The molecule has 0 saturated carbocycles. The number of nitro benzene ring substituents is 1. The Morgan fingerprint density at radius 1 is 1.07 bits per heavy atom. The van der Waals surface area contributed by atoms with Gasteiger partial charge in [0.25, 0.3) is 11.6 Å². The molecule has 1 amide bonds. The van der Waals surface area contributed by atoms with E-state index >= 15 is 0 Å². The predicted octanol–water partition coefficient (Wildman–Crippen LogP) is 3.93. The molecule has 0 aliphatic rings. The molecule has 2 N–H and O–H groups in total. The third kappa shape index (κ3) is 4.44. The highest BCUT2D eigenvalue weighted by Gasteiger charge is 2.25. The van der Waals surface area contributed by atoms with Crippen LogP contribution in [0.25, 0.3) is 0 Å². The van der Waals surface area contributed by atoms with Crippen LogP contribution in [0.3, 0.4) is 0 Å². The van der Waals surface area contributed by atoms with Gasteiger partial charge in [-0.2, -0.15) is 0 Å². The SMILES string of the molecule is COc1ccc(Oc2cc(NC(=O)c3n[nH]c([N+](=O)[O-])c3Cl)cc([N+](=O)[O-])c2)cc1. The molecule has 3 aromatic rings. The molecule has 1 heterocycles. The number of benzene rings is 2. The molecule has 0 saturated heterocycles. The van der Waals surface area contributed by atoms with Crippen molar-refractivity contribution >= 4 is 34.7 Å². The second-order valence-electron chi connectivity index (χ2n) is 5.70. The Morgan fingerprint density at radius 2 is 1.73 bits per heavy atom. The molecule has 0 fully saturated rings. The van der Waals surface area contributed by atoms with E-state index in [4.69, 9.17) is 21.1 Å². The van der Waals surface area contributed by atoms with Gasteiger partial charge in [-0.25, -0.2) is 0 Å². The van der Waals surface area contributed by atoms with Gasteiger partial charge in [-0.1, -0.05) is 16.7 Å². The largest absolute Gasteiger partial charge is 0.497 e. The molecule has 0 unspecified atom stereocenters. The number of carbonyl (C=O) groups excluding carboxylic acids is 1. The van der Waals surface area contributed by atoms with E-state index in [1.165, 1.54) is 19.2 Å². The van der Waals surface area contributed by atoms with Crippen LogP contribution in [0.4, 0.5) is 17.2 Å². The highest BCUT2D eigenvalue weighted by atomic mass is 35.5. The normalized spacial score (nSPS) is 10.3. The number of nitro groups is 2. The van der Waals surface area contributed by atoms with Crippen LogP contribution in [0, 0.1) is 20.2 Å². The van der Waals surface area contributed by atoms with Crippen molar-refractivity contribution < 1.29 is 24.1 Å². The summed E-state index contributed by atoms with van der Waals surface area (Å²) in [6.45, 7) is 0. The Balaban J connectivity index is 1.87. The number of aromatic nitrogens is 2. The molecular formula is C17H12ClN5O7. The molecule has 154 valence electrons. The van der Waals surface area contributed by atoms with E-state index in [2.05, 4.69) is 10.4 Å². The summed E-state index contributed by atoms with van der Waals surface area (Å²) in [7, 11) is 1.51. The number of anilines is 1. The molecule has 1 aromatic heterocycles. The van der Waals surface area contributed by atoms with Crippen LogP contribution in [-0.2, 0) is 0 Å². The van der Waals surface area contributed by atoms with E-state index < -0.39 is 32.3 Å². The maximum absolute atomic E-state index is 12.4. The summed E-state index contributed by atoms with van der Waals surface area (Å²) >= 11 is 5.79. The number of ether oxygens (including phenoxy) is 2. The standard InChI is InChI=1S/C17H12ClN5O7/c1-29-11-2-4-12(5-3-11)30-13-7-9(6-10(8-13)22(25)26)19-17(24)15-14(18)16(21-20-15)23(27)28/h2-8H,1H3,(H,19,24)(H,20,21). The summed E-state index contributed by atoms with van der Waals surface area (Å²) in [6, 6.07) is 10.1. The zero-order valence-electron chi connectivity index (χ0n) is 15.1. The molecule has 0 aliphatic carbocycles. The van der Waals surface area contributed by atoms with Crippen molar-refractivity contribution in [3.63, 3.8) is 0 Å². The number of nitrogens with one attached hydrogen (secondary N) is 2. The Labute approximate surface area is 172 Å². The van der Waals surface area contributed by atoms with E-state index in [0.717, 1.165) is 6.07 Å². The van der Waals surface area contributed by atoms with Crippen molar-refractivity contribution in [2.75, 3.05) is 12.4 Å². The molecular weight excluding hydrogens is 422 g/mol. The van der Waals surface area contributed by atoms with E-state index in [0.29, 0.717) is 11.5 Å². The van der Waals surface area contributed by atoms with Gasteiger partial charge in [-0.15, -0.1) is 5.10 Å². The lowest BCUT2D eigenvalue weighted by atomic mass is 10.2. The second-order valence-corrected chi connectivity index (χ2v) is 6.07. The number of aromatic amines is 1. The highest BCUT2D eigenvalue weighted by Crippen LogP contribution is 2.31. The fourth-order valence-corrected chi connectivity index (χ4v) is 2.62. The first-order valence-corrected chi connectivity index (χ1v) is 8.47. The molecule has 2 aromatic carbocycles. The van der Waals surface area contributed by atoms with Crippen molar-refractivity contribution in [3.8, 4) is 17.2 Å². The van der Waals surface area contributed by atoms with Crippen molar-refractivity contribution in [1.82, 2.24) is 10.2 Å². The van der Waals surface area contributed by atoms with Crippen molar-refractivity contribution in [3.05, 3.63) is 73.4 Å². The average molecular weight is 434 g/mol. The number of non-ortho nitro benzene ring substituents is 1. The van der Waals surface area contributed by atoms with E-state index in [1.807, 2.05) is 5.10 Å². The minimum absolute atomic E-state index is 0.000526. The molecule has 0 bridgehead atoms. The molecule has 30 heavy (non-hydrogen) atoms. The number of rotatable bonds is 7. The van der Waals surface area contributed by atoms with Gasteiger partial charge in [0.05, 0.1) is 23.8 Å². The van der Waals surface area contributed by atoms with E-state index in [9.17, 15) is 25.0 Å². The molecule has 0 atom stereocenters. The van der Waals surface area contributed by atoms with Crippen molar-refractivity contribution in [1.29, 1.82) is 0 Å². The van der Waals surface area contributed by atoms with Crippen molar-refractivity contribution in [2.45, 2.75) is 0 Å². The number of methoxy groups -OCH3 is 1. The molecule has 0 radical (unpaired) electrons. The molecule has 3 rings (SSSR count). The maximum atomic E-state index is 12.4. The summed E-state index contributed by atoms with van der Waals surface area (Å²) in [5.41, 5.74) is -0.789. The Bertz CT molecular complexity index is 1130. The van der Waals surface area contributed by atoms with Crippen LogP contribution < -0.4 is 14.8 Å². The Kier molecular flexibility index (Phi) is 5.78. The van der Waals surface area contributed by atoms with Gasteiger partial charge in [-0.3, -0.25) is 14.9 Å². The van der Waals surface area contributed by atoms with Crippen LogP contribution >= 0.6 is 11.6 Å². The summed E-state index contributed by atoms with van der Waals surface area (Å²) in [6.07, 6.45) is 0. The highest BCUT2D eigenvalue weighted by molar-refractivity contribution is 6.35. The van der Waals surface area contributed by atoms with Gasteiger partial charge >= 0.3 is 5.82 Å². The lowest BCUT2D eigenvalue weighted by Gasteiger charge is -2.09. The minimum atomic E-state index is -0.903. The first-order chi connectivity index (χ1) is 14.3. The monoisotopic (exact) mass is 433 g/mol. The molecule has 12 nitrogen and oxygen atoms in total. The van der Waals surface area contributed by atoms with Gasteiger partial charge in [0.1, 0.15) is 17.2 Å². The van der Waals surface area contributed by atoms with Gasteiger partial charge in [-0.05, 0) is 29.2 Å². The molecule has 0 aliphatic heterocycles. The number of halogens is 1. The zero-order chi connectivity index (χ0) is 21.8. The van der Waals surface area contributed by atoms with Gasteiger partial charge < -0.3 is 24.9 Å². The topological polar surface area (TPSA) is 163 Å². The average Bonchev–Trinajstić information content (AvgIpc) is 3.10. The number of carbonyl (C=O) groups is 1. The van der Waals surface area contributed by atoms with Gasteiger partial charge in [0.2, 0.25) is 0 Å². The summed E-state index contributed by atoms with van der Waals surface area (Å²) in [4.78, 5) is 32.9. The number of hydrogen-bond acceptors (Lipinski definition) is 8. The smallest absolute Gasteiger partial charge is 0.362 e. The lowest BCUT2D eigenvalue weighted by molar-refractivity contribution is -0.389. The summed E-state index contributed by atoms with van der Waals surface area (Å²) < 4.78 is 10.7. The number of amides is 1. The number of H-pyrrole nitrogens is 1. The molecule has 0 spiro atoms. The number of hydrogen-bond donors (Lipinski definition) is 2. The quantitative estimate of drug-likeness (QED) is 0.418. The molecule has 13 heteroatoms. The second kappa shape index (κ2) is 8.45. The third-order valence-corrected chi connectivity index (χ3v) is 4.10. The van der Waals surface area contributed by atoms with E-state index in [1.54, 1.807) is 24.3 Å². The zero-order valence-corrected chi connectivity index (χ0v) is 15.9. The summed E-state index contributed by atoms with van der Waals surface area (Å²) in [5, 5.41) is 29.5. The van der Waals surface area contributed by atoms with Crippen LogP contribution in [-0.4, -0.2) is 33.1 Å². The van der Waals surface area contributed by atoms with Crippen LogP contribution in [0.15, 0.2) is 42.5 Å². The minimum Gasteiger partial charge on any atom is -0.497 e. The first kappa shape index (κ1) is 20.5. The number of nitrogens with zero attached hydrogens (tertiary/aromatic N) is 3. The fourth-order valence-electron chi connectivity index (χ4n) is 2.38. The Hall–Kier alpha value is -4.19. The third-order valence-electron chi connectivity index (χ3n) is 3.74. The van der Waals surface area contributed by atoms with Gasteiger partial charge in [0.15, 0.2) is 10.7 Å². The van der Waals surface area contributed by atoms with Crippen molar-refractivity contribution in [2.24, 2.45) is 0 Å². The maximum Gasteiger partial charge on any atom is 0.362 e. The Morgan fingerprint density at radius 3 is 2.30 bits per heavy atom. The lowest BCUT2D eigenvalue weighted by Crippen LogP contribution is -2.13. The summed E-state index contributed by atoms with van der Waals surface area (Å²) in [5.74, 6) is -0.507. The first-order valence-electron chi connectivity index (χ1n) is 8.09. The van der Waals surface area contributed by atoms with Crippen LogP contribution in [0.1, 0.15) is 10.5 Å². The van der Waals surface area contributed by atoms with Gasteiger partial charge in [0, 0.05) is 12.1 Å². The van der Waals surface area contributed by atoms with Crippen LogP contribution in [0.2, 0.25) is 5.02 Å². The van der Waals surface area contributed by atoms with E-state index in [-0.39, 0.29) is 17.1 Å².